The van der Waals surface area contributed by atoms with Gasteiger partial charge in [-0.1, -0.05) is 68.2 Å². The van der Waals surface area contributed by atoms with E-state index < -0.39 is 0 Å². The monoisotopic (exact) mass is 486 g/mol. The minimum absolute atomic E-state index is 0. The standard InChI is InChI=1S/2C12H19.2ClH.Zr/c2*1-5-12(4,6-2)11-8-7-10(3)9-11;;;/h2*8H,5-7H2,1-4H3;2*1H;/q2*-1;;;+4/p-2. The molecule has 0 nitrogen and oxygen atoms in total. The summed E-state index contributed by atoms with van der Waals surface area (Å²) < 4.78 is 0. The number of halogens is 2. The molecule has 0 unspecified atom stereocenters. The summed E-state index contributed by atoms with van der Waals surface area (Å²) in [6.45, 7) is 18.1. The van der Waals surface area contributed by atoms with Crippen LogP contribution in [0.5, 0.6) is 0 Å². The zero-order chi connectivity index (χ0) is 18.4. The minimum Gasteiger partial charge on any atom is -1.00 e. The topological polar surface area (TPSA) is 0 Å². The maximum Gasteiger partial charge on any atom is 4.00 e. The van der Waals surface area contributed by atoms with Gasteiger partial charge in [-0.2, -0.15) is 11.1 Å². The van der Waals surface area contributed by atoms with Gasteiger partial charge in [0.2, 0.25) is 0 Å². The van der Waals surface area contributed by atoms with Crippen LogP contribution in [0.25, 0.3) is 0 Å². The molecule has 0 spiro atoms. The van der Waals surface area contributed by atoms with Crippen molar-refractivity contribution < 1.29 is 51.0 Å². The zero-order valence-corrected chi connectivity index (χ0v) is 22.6. The van der Waals surface area contributed by atoms with Crippen LogP contribution in [0.3, 0.4) is 0 Å². The molecule has 2 rings (SSSR count). The molecule has 3 heteroatoms. The first-order valence-electron chi connectivity index (χ1n) is 9.84. The average Bonchev–Trinajstić information content (AvgIpc) is 3.23. The molecule has 0 saturated carbocycles. The van der Waals surface area contributed by atoms with Crippen LogP contribution in [0.15, 0.2) is 34.4 Å². The Hall–Kier alpha value is 0.423. The summed E-state index contributed by atoms with van der Waals surface area (Å²) in [5, 5.41) is 0. The summed E-state index contributed by atoms with van der Waals surface area (Å²) >= 11 is 0. The largest absolute Gasteiger partial charge is 4.00 e. The van der Waals surface area contributed by atoms with Crippen molar-refractivity contribution in [3.8, 4) is 0 Å². The molecule has 0 radical (unpaired) electrons. The molecule has 2 aliphatic rings. The van der Waals surface area contributed by atoms with Crippen LogP contribution in [0.1, 0.15) is 93.9 Å². The molecule has 152 valence electrons. The Morgan fingerprint density at radius 3 is 1.11 bits per heavy atom. The van der Waals surface area contributed by atoms with Crippen molar-refractivity contribution in [1.82, 2.24) is 0 Å². The fraction of sp³-hybridized carbons (Fsp3) is 0.667. The molecule has 0 amide bonds. The number of hydrogen-bond donors (Lipinski definition) is 0. The van der Waals surface area contributed by atoms with Crippen LogP contribution in [0.4, 0.5) is 0 Å². The molecule has 0 bridgehead atoms. The molecule has 0 fully saturated rings. The predicted octanol–water partition coefficient (Wildman–Crippen LogP) is 1.79. The fourth-order valence-electron chi connectivity index (χ4n) is 3.23. The van der Waals surface area contributed by atoms with Crippen LogP contribution < -0.4 is 24.8 Å². The van der Waals surface area contributed by atoms with Crippen LogP contribution >= 0.6 is 0 Å². The van der Waals surface area contributed by atoms with Gasteiger partial charge in [0.1, 0.15) is 0 Å². The van der Waals surface area contributed by atoms with Gasteiger partial charge in [-0.25, -0.2) is 35.5 Å². The Kier molecular flexibility index (Phi) is 17.1. The van der Waals surface area contributed by atoms with Crippen molar-refractivity contribution in [2.45, 2.75) is 93.9 Å². The van der Waals surface area contributed by atoms with Crippen LogP contribution in [0.2, 0.25) is 0 Å². The molecular weight excluding hydrogens is 450 g/mol. The zero-order valence-electron chi connectivity index (χ0n) is 18.7. The van der Waals surface area contributed by atoms with Crippen molar-refractivity contribution in [3.63, 3.8) is 0 Å². The second-order valence-electron chi connectivity index (χ2n) is 7.99. The SMILES string of the molecule is CCC(C)(CC)C1=CCC(C)=[C-]1.CCC(C)(CC)C1=CCC(C)=[C-]1.[Cl-].[Cl-].[Zr+4]. The average molecular weight is 489 g/mol. The number of hydrogen-bond acceptors (Lipinski definition) is 0. The molecule has 0 saturated heterocycles. The van der Waals surface area contributed by atoms with Crippen molar-refractivity contribution in [1.29, 1.82) is 0 Å². The Balaban J connectivity index is -0.000000384. The number of allylic oxidation sites excluding steroid dienone is 8. The van der Waals surface area contributed by atoms with Crippen LogP contribution in [-0.4, -0.2) is 0 Å². The van der Waals surface area contributed by atoms with Crippen molar-refractivity contribution >= 4 is 0 Å². The normalized spacial score (nSPS) is 15.7. The Bertz CT molecular complexity index is 495. The molecule has 27 heavy (non-hydrogen) atoms. The van der Waals surface area contributed by atoms with Gasteiger partial charge in [-0.3, -0.25) is 0 Å². The van der Waals surface area contributed by atoms with E-state index in [9.17, 15) is 0 Å². The van der Waals surface area contributed by atoms with E-state index in [-0.39, 0.29) is 51.0 Å². The van der Waals surface area contributed by atoms with Crippen molar-refractivity contribution in [3.05, 3.63) is 46.6 Å². The first-order valence-corrected chi connectivity index (χ1v) is 9.84. The van der Waals surface area contributed by atoms with Gasteiger partial charge in [0.25, 0.3) is 0 Å². The van der Waals surface area contributed by atoms with E-state index in [4.69, 9.17) is 0 Å². The van der Waals surface area contributed by atoms with E-state index in [1.54, 1.807) is 0 Å². The Morgan fingerprint density at radius 1 is 0.704 bits per heavy atom. The number of rotatable bonds is 6. The molecule has 0 heterocycles. The van der Waals surface area contributed by atoms with E-state index in [2.05, 4.69) is 79.7 Å². The van der Waals surface area contributed by atoms with E-state index in [0.29, 0.717) is 10.8 Å². The Morgan fingerprint density at radius 2 is 0.963 bits per heavy atom. The van der Waals surface area contributed by atoms with Crippen molar-refractivity contribution in [2.24, 2.45) is 10.8 Å². The molecule has 0 N–H and O–H groups in total. The molecule has 0 aromatic rings. The third kappa shape index (κ3) is 8.76. The minimum atomic E-state index is 0. The summed E-state index contributed by atoms with van der Waals surface area (Å²) in [6, 6.07) is 0. The second kappa shape index (κ2) is 14.4. The quantitative estimate of drug-likeness (QED) is 0.500. The van der Waals surface area contributed by atoms with Crippen LogP contribution in [0, 0.1) is 23.0 Å². The molecular formula is C24H38Cl2Zr. The summed E-state index contributed by atoms with van der Waals surface area (Å²) in [5.41, 5.74) is 6.39. The molecule has 2 aliphatic carbocycles. The first kappa shape index (κ1) is 32.1. The third-order valence-electron chi connectivity index (χ3n) is 6.34. The summed E-state index contributed by atoms with van der Waals surface area (Å²) in [5.74, 6) is 0. The maximum atomic E-state index is 3.47. The fourth-order valence-corrected chi connectivity index (χ4v) is 3.23. The summed E-state index contributed by atoms with van der Waals surface area (Å²) in [4.78, 5) is 0. The predicted molar refractivity (Wildman–Crippen MR) is 108 cm³/mol. The van der Waals surface area contributed by atoms with Gasteiger partial charge in [0.15, 0.2) is 0 Å². The van der Waals surface area contributed by atoms with Crippen molar-refractivity contribution in [2.75, 3.05) is 0 Å². The summed E-state index contributed by atoms with van der Waals surface area (Å²) in [7, 11) is 0. The molecule has 0 aliphatic heterocycles. The van der Waals surface area contributed by atoms with Crippen LogP contribution in [-0.2, 0) is 26.2 Å². The van der Waals surface area contributed by atoms with E-state index in [1.807, 2.05) is 0 Å². The van der Waals surface area contributed by atoms with Gasteiger partial charge < -0.3 is 24.8 Å². The maximum absolute atomic E-state index is 3.47. The summed E-state index contributed by atoms with van der Waals surface area (Å²) in [6.07, 6.45) is 18.7. The third-order valence-corrected chi connectivity index (χ3v) is 6.34. The van der Waals surface area contributed by atoms with Gasteiger partial charge in [-0.05, 0) is 36.5 Å². The van der Waals surface area contributed by atoms with Gasteiger partial charge in [0.05, 0.1) is 0 Å². The second-order valence-corrected chi connectivity index (χ2v) is 7.99. The van der Waals surface area contributed by atoms with Gasteiger partial charge in [-0.15, -0.1) is 0 Å². The van der Waals surface area contributed by atoms with E-state index >= 15 is 0 Å². The Labute approximate surface area is 201 Å². The van der Waals surface area contributed by atoms with E-state index in [1.165, 1.54) is 48.0 Å². The molecule has 0 atom stereocenters. The first-order chi connectivity index (χ1) is 11.2. The van der Waals surface area contributed by atoms with E-state index in [0.717, 1.165) is 12.8 Å². The molecule has 0 aromatic heterocycles. The van der Waals surface area contributed by atoms with Gasteiger partial charge in [0, 0.05) is 0 Å². The van der Waals surface area contributed by atoms with Gasteiger partial charge >= 0.3 is 26.2 Å². The smallest absolute Gasteiger partial charge is 1.00 e. The molecule has 0 aromatic carbocycles.